The van der Waals surface area contributed by atoms with E-state index in [1.165, 1.54) is 4.40 Å². The smallest absolute Gasteiger partial charge is 0.338 e. The summed E-state index contributed by atoms with van der Waals surface area (Å²) in [6.07, 6.45) is -2.86. The van der Waals surface area contributed by atoms with E-state index in [9.17, 15) is 18.0 Å². The number of thioether (sulfide) groups is 1. The Balaban J connectivity index is 1.75. The summed E-state index contributed by atoms with van der Waals surface area (Å²) in [5, 5.41) is 7.78. The lowest BCUT2D eigenvalue weighted by Gasteiger charge is -2.22. The third kappa shape index (κ3) is 5.26. The maximum absolute atomic E-state index is 13.1. The van der Waals surface area contributed by atoms with E-state index in [-0.39, 0.29) is 27.5 Å². The number of hydrogen-bond donors (Lipinski definition) is 0. The molecule has 0 aliphatic carbocycles. The number of carbonyl (C=O) groups is 1. The van der Waals surface area contributed by atoms with Crippen molar-refractivity contribution in [3.8, 4) is 0 Å². The van der Waals surface area contributed by atoms with Crippen LogP contribution in [0, 0.1) is 6.92 Å². The number of amides is 1. The zero-order chi connectivity index (χ0) is 21.9. The average molecular weight is 457 g/mol. The summed E-state index contributed by atoms with van der Waals surface area (Å²) < 4.78 is 40.4. The molecule has 5 nitrogen and oxygen atoms in total. The zero-order valence-electron chi connectivity index (χ0n) is 16.4. The first-order valence-corrected chi connectivity index (χ1v) is 10.6. The van der Waals surface area contributed by atoms with Gasteiger partial charge in [-0.25, -0.2) is 0 Å². The lowest BCUT2D eigenvalue weighted by molar-refractivity contribution is -0.138. The number of carbonyl (C=O) groups excluding carboxylic acids is 1. The molecule has 160 valence electrons. The lowest BCUT2D eigenvalue weighted by atomic mass is 10.1. The first-order chi connectivity index (χ1) is 14.2. The molecule has 0 bridgehead atoms. The van der Waals surface area contributed by atoms with E-state index in [0.717, 1.165) is 41.6 Å². The number of hydrogen-bond acceptors (Lipinski definition) is 4. The predicted molar refractivity (Wildman–Crippen MR) is 111 cm³/mol. The quantitative estimate of drug-likeness (QED) is 0.456. The van der Waals surface area contributed by atoms with Crippen LogP contribution in [0.1, 0.15) is 30.0 Å². The van der Waals surface area contributed by atoms with E-state index >= 15 is 0 Å². The molecule has 2 heterocycles. The summed E-state index contributed by atoms with van der Waals surface area (Å²) in [4.78, 5) is 14.5. The van der Waals surface area contributed by atoms with Gasteiger partial charge in [0.15, 0.2) is 10.8 Å². The van der Waals surface area contributed by atoms with E-state index < -0.39 is 11.7 Å². The number of aromatic nitrogens is 3. The molecule has 0 saturated heterocycles. The molecule has 3 aromatic rings. The van der Waals surface area contributed by atoms with Gasteiger partial charge in [-0.1, -0.05) is 60.1 Å². The number of fused-ring (bicyclic) bond motifs is 1. The summed E-state index contributed by atoms with van der Waals surface area (Å²) in [5.74, 6) is -0.0993. The topological polar surface area (TPSA) is 50.5 Å². The SMILES string of the molecule is CCCN(Cc1ccc(C)cc1)C(=O)CSc1nnc2c(Cl)cc(C(F)(F)F)cn12. The minimum Gasteiger partial charge on any atom is -0.338 e. The van der Waals surface area contributed by atoms with E-state index in [1.807, 2.05) is 38.1 Å². The van der Waals surface area contributed by atoms with Crippen LogP contribution in [0.25, 0.3) is 5.65 Å². The maximum Gasteiger partial charge on any atom is 0.417 e. The molecule has 30 heavy (non-hydrogen) atoms. The lowest BCUT2D eigenvalue weighted by Crippen LogP contribution is -2.32. The van der Waals surface area contributed by atoms with Crippen LogP contribution in [0.3, 0.4) is 0 Å². The van der Waals surface area contributed by atoms with Gasteiger partial charge in [0.2, 0.25) is 5.91 Å². The van der Waals surface area contributed by atoms with Crippen LogP contribution in [0.15, 0.2) is 41.7 Å². The molecule has 1 aromatic carbocycles. The normalized spacial score (nSPS) is 11.8. The molecule has 0 fully saturated rings. The second kappa shape index (κ2) is 9.26. The minimum absolute atomic E-state index is 0.0283. The van der Waals surface area contributed by atoms with Crippen molar-refractivity contribution in [3.63, 3.8) is 0 Å². The van der Waals surface area contributed by atoms with Crippen molar-refractivity contribution >= 4 is 34.9 Å². The molecule has 10 heteroatoms. The van der Waals surface area contributed by atoms with Crippen LogP contribution in [-0.2, 0) is 17.5 Å². The molecular weight excluding hydrogens is 437 g/mol. The first kappa shape index (κ1) is 22.4. The Morgan fingerprint density at radius 1 is 1.23 bits per heavy atom. The molecule has 0 aliphatic heterocycles. The van der Waals surface area contributed by atoms with Crippen molar-refractivity contribution in [2.75, 3.05) is 12.3 Å². The van der Waals surface area contributed by atoms with Gasteiger partial charge >= 0.3 is 6.18 Å². The van der Waals surface area contributed by atoms with Crippen LogP contribution in [0.4, 0.5) is 13.2 Å². The van der Waals surface area contributed by atoms with E-state index in [2.05, 4.69) is 10.2 Å². The highest BCUT2D eigenvalue weighted by atomic mass is 35.5. The summed E-state index contributed by atoms with van der Waals surface area (Å²) in [5.41, 5.74) is 1.37. The zero-order valence-corrected chi connectivity index (χ0v) is 18.0. The van der Waals surface area contributed by atoms with Crippen molar-refractivity contribution in [2.24, 2.45) is 0 Å². The second-order valence-corrected chi connectivity index (χ2v) is 8.19. The molecule has 2 aromatic heterocycles. The molecule has 0 atom stereocenters. The number of aryl methyl sites for hydroxylation is 1. The predicted octanol–water partition coefficient (Wildman–Crippen LogP) is 5.24. The largest absolute Gasteiger partial charge is 0.417 e. The molecule has 0 radical (unpaired) electrons. The van der Waals surface area contributed by atoms with Crippen LogP contribution in [0.5, 0.6) is 0 Å². The number of benzene rings is 1. The van der Waals surface area contributed by atoms with Crippen LogP contribution in [-0.4, -0.2) is 37.7 Å². The molecule has 0 N–H and O–H groups in total. The number of alkyl halides is 3. The minimum atomic E-state index is -4.55. The molecule has 0 saturated carbocycles. The molecule has 3 rings (SSSR count). The van der Waals surface area contributed by atoms with E-state index in [4.69, 9.17) is 11.6 Å². The Hall–Kier alpha value is -2.26. The van der Waals surface area contributed by atoms with Gasteiger partial charge in [-0.15, -0.1) is 10.2 Å². The maximum atomic E-state index is 13.1. The summed E-state index contributed by atoms with van der Waals surface area (Å²) >= 11 is 6.96. The van der Waals surface area contributed by atoms with Gasteiger partial charge in [0.1, 0.15) is 0 Å². The fourth-order valence-corrected chi connectivity index (χ4v) is 3.94. The average Bonchev–Trinajstić information content (AvgIpc) is 3.10. The standard InChI is InChI=1S/C20H20ClF3N4OS/c1-3-8-27(10-14-6-4-13(2)5-7-14)17(29)12-30-19-26-25-18-16(21)9-15(11-28(18)19)20(22,23)24/h4-7,9,11H,3,8,10,12H2,1-2H3. The molecule has 0 spiro atoms. The third-order valence-corrected chi connectivity index (χ3v) is 5.63. The van der Waals surface area contributed by atoms with E-state index in [1.54, 1.807) is 4.90 Å². The van der Waals surface area contributed by atoms with Crippen molar-refractivity contribution in [1.29, 1.82) is 0 Å². The summed E-state index contributed by atoms with van der Waals surface area (Å²) in [6, 6.07) is 8.75. The van der Waals surface area contributed by atoms with Crippen molar-refractivity contribution in [3.05, 3.63) is 58.2 Å². The monoisotopic (exact) mass is 456 g/mol. The first-order valence-electron chi connectivity index (χ1n) is 9.26. The Morgan fingerprint density at radius 2 is 1.93 bits per heavy atom. The van der Waals surface area contributed by atoms with Gasteiger partial charge in [-0.3, -0.25) is 9.20 Å². The number of halogens is 4. The highest BCUT2D eigenvalue weighted by Crippen LogP contribution is 2.33. The number of pyridine rings is 1. The van der Waals surface area contributed by atoms with Gasteiger partial charge in [0.05, 0.1) is 16.3 Å². The number of rotatable bonds is 7. The summed E-state index contributed by atoms with van der Waals surface area (Å²) in [6.45, 7) is 5.03. The van der Waals surface area contributed by atoms with Gasteiger partial charge in [0.25, 0.3) is 0 Å². The molecular formula is C20H20ClF3N4OS. The van der Waals surface area contributed by atoms with E-state index in [0.29, 0.717) is 13.1 Å². The molecule has 0 aliphatic rings. The van der Waals surface area contributed by atoms with Crippen LogP contribution in [0.2, 0.25) is 5.02 Å². The van der Waals surface area contributed by atoms with Crippen LogP contribution >= 0.6 is 23.4 Å². The van der Waals surface area contributed by atoms with Crippen molar-refractivity contribution in [1.82, 2.24) is 19.5 Å². The van der Waals surface area contributed by atoms with Crippen molar-refractivity contribution in [2.45, 2.75) is 38.1 Å². The fraction of sp³-hybridized carbons (Fsp3) is 0.350. The Kier molecular flexibility index (Phi) is 6.92. The van der Waals surface area contributed by atoms with Gasteiger partial charge in [-0.05, 0) is 25.0 Å². The molecule has 0 unspecified atom stereocenters. The third-order valence-electron chi connectivity index (χ3n) is 4.42. The highest BCUT2D eigenvalue weighted by molar-refractivity contribution is 7.99. The second-order valence-electron chi connectivity index (χ2n) is 6.84. The fourth-order valence-electron chi connectivity index (χ4n) is 2.88. The Labute approximate surface area is 181 Å². The molecule has 1 amide bonds. The Morgan fingerprint density at radius 3 is 2.57 bits per heavy atom. The van der Waals surface area contributed by atoms with Gasteiger partial charge in [-0.2, -0.15) is 13.2 Å². The summed E-state index contributed by atoms with van der Waals surface area (Å²) in [7, 11) is 0. The van der Waals surface area contributed by atoms with Crippen LogP contribution < -0.4 is 0 Å². The number of nitrogens with zero attached hydrogens (tertiary/aromatic N) is 4. The highest BCUT2D eigenvalue weighted by Gasteiger charge is 2.32. The van der Waals surface area contributed by atoms with Crippen molar-refractivity contribution < 1.29 is 18.0 Å². The Bertz CT molecular complexity index is 1040. The van der Waals surface area contributed by atoms with Gasteiger partial charge in [0, 0.05) is 19.3 Å². The van der Waals surface area contributed by atoms with Gasteiger partial charge < -0.3 is 4.90 Å².